The zero-order valence-corrected chi connectivity index (χ0v) is 11.3. The second kappa shape index (κ2) is 5.85. The monoisotopic (exact) mass is 258 g/mol. The van der Waals surface area contributed by atoms with Gasteiger partial charge in [0.1, 0.15) is 5.82 Å². The maximum absolute atomic E-state index is 13.7. The van der Waals surface area contributed by atoms with Crippen molar-refractivity contribution in [3.05, 3.63) is 58.9 Å². The Labute approximate surface area is 113 Å². The number of para-hydroxylation sites is 1. The van der Waals surface area contributed by atoms with Crippen molar-refractivity contribution in [1.29, 1.82) is 0 Å². The highest BCUT2D eigenvalue weighted by atomic mass is 19.1. The molecular formula is C16H19FN2. The van der Waals surface area contributed by atoms with Gasteiger partial charge in [0.15, 0.2) is 0 Å². The summed E-state index contributed by atoms with van der Waals surface area (Å²) in [5, 5.41) is 3.33. The summed E-state index contributed by atoms with van der Waals surface area (Å²) in [5.74, 6) is -0.265. The fourth-order valence-corrected chi connectivity index (χ4v) is 2.22. The second-order valence-corrected chi connectivity index (χ2v) is 4.56. The molecule has 0 amide bonds. The summed E-state index contributed by atoms with van der Waals surface area (Å²) in [6.45, 7) is 4.33. The summed E-state index contributed by atoms with van der Waals surface area (Å²) >= 11 is 0. The molecule has 100 valence electrons. The largest absolute Gasteiger partial charge is 0.355 e. The Morgan fingerprint density at radius 2 is 1.89 bits per heavy atom. The standard InChI is InChI=1S/C16H19FN2/c1-3-12-7-4-6-11(2)16(12)19-15-9-5-8-14(17)13(15)10-18/h4-9,19H,3,10,18H2,1-2H3. The first kappa shape index (κ1) is 13.6. The number of hydrogen-bond donors (Lipinski definition) is 2. The molecule has 3 N–H and O–H groups in total. The number of anilines is 2. The van der Waals surface area contributed by atoms with Gasteiger partial charge in [-0.25, -0.2) is 4.39 Å². The van der Waals surface area contributed by atoms with Gasteiger partial charge in [-0.05, 0) is 36.6 Å². The van der Waals surface area contributed by atoms with Gasteiger partial charge < -0.3 is 11.1 Å². The van der Waals surface area contributed by atoms with Crippen LogP contribution >= 0.6 is 0 Å². The van der Waals surface area contributed by atoms with E-state index < -0.39 is 0 Å². The Bertz CT molecular complexity index is 579. The van der Waals surface area contributed by atoms with E-state index in [4.69, 9.17) is 5.73 Å². The van der Waals surface area contributed by atoms with E-state index in [0.29, 0.717) is 5.56 Å². The molecule has 0 heterocycles. The molecule has 0 spiro atoms. The average Bonchev–Trinajstić information content (AvgIpc) is 2.41. The third-order valence-electron chi connectivity index (χ3n) is 3.32. The maximum atomic E-state index is 13.7. The fourth-order valence-electron chi connectivity index (χ4n) is 2.22. The molecule has 0 atom stereocenters. The molecule has 2 nitrogen and oxygen atoms in total. The third-order valence-corrected chi connectivity index (χ3v) is 3.32. The van der Waals surface area contributed by atoms with Gasteiger partial charge in [0.25, 0.3) is 0 Å². The van der Waals surface area contributed by atoms with Crippen LogP contribution in [0.15, 0.2) is 36.4 Å². The van der Waals surface area contributed by atoms with Gasteiger partial charge in [-0.2, -0.15) is 0 Å². The second-order valence-electron chi connectivity index (χ2n) is 4.56. The van der Waals surface area contributed by atoms with Crippen LogP contribution in [-0.2, 0) is 13.0 Å². The normalized spacial score (nSPS) is 10.5. The summed E-state index contributed by atoms with van der Waals surface area (Å²) in [4.78, 5) is 0. The average molecular weight is 258 g/mol. The highest BCUT2D eigenvalue weighted by Gasteiger charge is 2.10. The summed E-state index contributed by atoms with van der Waals surface area (Å²) in [7, 11) is 0. The molecular weight excluding hydrogens is 239 g/mol. The molecule has 0 aliphatic rings. The SMILES string of the molecule is CCc1cccc(C)c1Nc1cccc(F)c1CN. The van der Waals surface area contributed by atoms with Gasteiger partial charge in [-0.15, -0.1) is 0 Å². The third kappa shape index (κ3) is 2.76. The minimum absolute atomic E-state index is 0.183. The Morgan fingerprint density at radius 3 is 2.58 bits per heavy atom. The number of hydrogen-bond acceptors (Lipinski definition) is 2. The number of aryl methyl sites for hydroxylation is 2. The molecule has 3 heteroatoms. The summed E-state index contributed by atoms with van der Waals surface area (Å²) in [5.41, 5.74) is 10.3. The molecule has 0 aliphatic heterocycles. The zero-order chi connectivity index (χ0) is 13.8. The van der Waals surface area contributed by atoms with Crippen molar-refractivity contribution < 1.29 is 4.39 Å². The van der Waals surface area contributed by atoms with E-state index in [0.717, 1.165) is 23.4 Å². The van der Waals surface area contributed by atoms with Crippen LogP contribution in [0.1, 0.15) is 23.6 Å². The first-order valence-electron chi connectivity index (χ1n) is 6.50. The van der Waals surface area contributed by atoms with E-state index in [1.165, 1.54) is 11.6 Å². The first-order chi connectivity index (χ1) is 9.17. The molecule has 0 saturated heterocycles. The van der Waals surface area contributed by atoms with Crippen LogP contribution < -0.4 is 11.1 Å². The Balaban J connectivity index is 2.45. The van der Waals surface area contributed by atoms with Crippen molar-refractivity contribution in [2.75, 3.05) is 5.32 Å². The van der Waals surface area contributed by atoms with Gasteiger partial charge in [0.2, 0.25) is 0 Å². The van der Waals surface area contributed by atoms with Crippen LogP contribution in [0.3, 0.4) is 0 Å². The predicted octanol–water partition coefficient (Wildman–Crippen LogP) is 3.90. The lowest BCUT2D eigenvalue weighted by atomic mass is 10.0. The molecule has 2 aromatic carbocycles. The van der Waals surface area contributed by atoms with E-state index >= 15 is 0 Å². The number of nitrogens with two attached hydrogens (primary N) is 1. The first-order valence-corrected chi connectivity index (χ1v) is 6.50. The topological polar surface area (TPSA) is 38.0 Å². The summed E-state index contributed by atoms with van der Waals surface area (Å²) in [6.07, 6.45) is 0.928. The predicted molar refractivity (Wildman–Crippen MR) is 78.1 cm³/mol. The molecule has 0 aromatic heterocycles. The van der Waals surface area contributed by atoms with Crippen molar-refractivity contribution in [3.8, 4) is 0 Å². The van der Waals surface area contributed by atoms with Crippen LogP contribution in [0.5, 0.6) is 0 Å². The smallest absolute Gasteiger partial charge is 0.129 e. The number of benzene rings is 2. The van der Waals surface area contributed by atoms with Crippen LogP contribution in [-0.4, -0.2) is 0 Å². The van der Waals surface area contributed by atoms with Crippen LogP contribution in [0.4, 0.5) is 15.8 Å². The Kier molecular flexibility index (Phi) is 4.17. The number of rotatable bonds is 4. The van der Waals surface area contributed by atoms with Crippen LogP contribution in [0.2, 0.25) is 0 Å². The van der Waals surface area contributed by atoms with E-state index in [1.807, 2.05) is 25.1 Å². The molecule has 0 aliphatic carbocycles. The van der Waals surface area contributed by atoms with Crippen LogP contribution in [0.25, 0.3) is 0 Å². The lowest BCUT2D eigenvalue weighted by molar-refractivity contribution is 0.611. The molecule has 2 rings (SSSR count). The molecule has 0 unspecified atom stereocenters. The van der Waals surface area contributed by atoms with Gasteiger partial charge in [-0.1, -0.05) is 31.2 Å². The maximum Gasteiger partial charge on any atom is 0.129 e. The molecule has 2 aromatic rings. The van der Waals surface area contributed by atoms with E-state index in [9.17, 15) is 4.39 Å². The summed E-state index contributed by atoms with van der Waals surface area (Å²) in [6, 6.07) is 11.2. The number of halogens is 1. The minimum atomic E-state index is -0.265. The van der Waals surface area contributed by atoms with Gasteiger partial charge in [0.05, 0.1) is 0 Å². The summed E-state index contributed by atoms with van der Waals surface area (Å²) < 4.78 is 13.7. The molecule has 0 radical (unpaired) electrons. The molecule has 0 fully saturated rings. The van der Waals surface area contributed by atoms with Crippen molar-refractivity contribution in [3.63, 3.8) is 0 Å². The minimum Gasteiger partial charge on any atom is -0.355 e. The highest BCUT2D eigenvalue weighted by molar-refractivity contribution is 5.69. The lowest BCUT2D eigenvalue weighted by Crippen LogP contribution is -2.06. The zero-order valence-electron chi connectivity index (χ0n) is 11.3. The highest BCUT2D eigenvalue weighted by Crippen LogP contribution is 2.28. The lowest BCUT2D eigenvalue weighted by Gasteiger charge is -2.16. The van der Waals surface area contributed by atoms with Gasteiger partial charge in [0, 0.05) is 23.5 Å². The molecule has 0 saturated carbocycles. The Hall–Kier alpha value is -1.87. The molecule has 0 bridgehead atoms. The quantitative estimate of drug-likeness (QED) is 0.873. The van der Waals surface area contributed by atoms with Gasteiger partial charge in [-0.3, -0.25) is 0 Å². The van der Waals surface area contributed by atoms with E-state index in [1.54, 1.807) is 6.07 Å². The van der Waals surface area contributed by atoms with E-state index in [2.05, 4.69) is 18.3 Å². The van der Waals surface area contributed by atoms with Gasteiger partial charge >= 0.3 is 0 Å². The van der Waals surface area contributed by atoms with Crippen molar-refractivity contribution in [2.45, 2.75) is 26.8 Å². The van der Waals surface area contributed by atoms with Crippen LogP contribution in [0, 0.1) is 12.7 Å². The number of nitrogens with one attached hydrogen (secondary N) is 1. The molecule has 19 heavy (non-hydrogen) atoms. The van der Waals surface area contributed by atoms with Crippen molar-refractivity contribution in [2.24, 2.45) is 5.73 Å². The Morgan fingerprint density at radius 1 is 1.16 bits per heavy atom. The van der Waals surface area contributed by atoms with E-state index in [-0.39, 0.29) is 12.4 Å². The van der Waals surface area contributed by atoms with Crippen molar-refractivity contribution >= 4 is 11.4 Å². The fraction of sp³-hybridized carbons (Fsp3) is 0.250. The van der Waals surface area contributed by atoms with Crippen molar-refractivity contribution in [1.82, 2.24) is 0 Å².